The smallest absolute Gasteiger partial charge is 0.269 e. The first-order valence-electron chi connectivity index (χ1n) is 7.32. The van der Waals surface area contributed by atoms with Crippen molar-refractivity contribution in [3.8, 4) is 5.75 Å². The molecule has 0 saturated carbocycles. The number of hydrogen-bond acceptors (Lipinski definition) is 4. The number of unbranched alkanes of at least 4 members (excludes halogenated alkanes) is 1. The maximum atomic E-state index is 10.6. The Morgan fingerprint density at radius 1 is 1.38 bits per heavy atom. The molecule has 1 aromatic rings. The molecule has 21 heavy (non-hydrogen) atoms. The Labute approximate surface area is 131 Å². The van der Waals surface area contributed by atoms with Crippen LogP contribution in [-0.4, -0.2) is 35.6 Å². The SMILES string of the molecule is CCCCN1CCCC1COc1ccc([N+](=O)[O-])cc1.Cl. The Morgan fingerprint density at radius 2 is 2.10 bits per heavy atom. The molecule has 118 valence electrons. The van der Waals surface area contributed by atoms with Gasteiger partial charge in [-0.25, -0.2) is 0 Å². The minimum atomic E-state index is -0.396. The summed E-state index contributed by atoms with van der Waals surface area (Å²) in [5.41, 5.74) is 0.0998. The van der Waals surface area contributed by atoms with E-state index in [2.05, 4.69) is 11.8 Å². The van der Waals surface area contributed by atoms with Crippen LogP contribution in [0.15, 0.2) is 24.3 Å². The number of halogens is 1. The van der Waals surface area contributed by atoms with E-state index in [1.165, 1.54) is 37.8 Å². The number of benzene rings is 1. The van der Waals surface area contributed by atoms with Crippen LogP contribution in [0.3, 0.4) is 0 Å². The first kappa shape index (κ1) is 17.7. The predicted molar refractivity (Wildman–Crippen MR) is 85.3 cm³/mol. The molecule has 1 aromatic carbocycles. The van der Waals surface area contributed by atoms with Gasteiger partial charge in [0.05, 0.1) is 4.92 Å². The second kappa shape index (κ2) is 8.85. The van der Waals surface area contributed by atoms with E-state index in [1.54, 1.807) is 12.1 Å². The molecule has 0 spiro atoms. The molecule has 1 aliphatic rings. The van der Waals surface area contributed by atoms with Crippen LogP contribution >= 0.6 is 12.4 Å². The fraction of sp³-hybridized carbons (Fsp3) is 0.600. The van der Waals surface area contributed by atoms with Gasteiger partial charge in [0.15, 0.2) is 0 Å². The number of ether oxygens (including phenoxy) is 1. The van der Waals surface area contributed by atoms with Crippen molar-refractivity contribution >= 4 is 18.1 Å². The number of nitro benzene ring substituents is 1. The zero-order valence-electron chi connectivity index (χ0n) is 12.4. The molecule has 0 N–H and O–H groups in total. The van der Waals surface area contributed by atoms with Gasteiger partial charge in [0.2, 0.25) is 0 Å². The van der Waals surface area contributed by atoms with Crippen LogP contribution < -0.4 is 4.74 Å². The van der Waals surface area contributed by atoms with Crippen LogP contribution in [-0.2, 0) is 0 Å². The fourth-order valence-electron chi connectivity index (χ4n) is 2.60. The number of nitrogens with zero attached hydrogens (tertiary/aromatic N) is 2. The highest BCUT2D eigenvalue weighted by Crippen LogP contribution is 2.21. The highest BCUT2D eigenvalue weighted by atomic mass is 35.5. The monoisotopic (exact) mass is 314 g/mol. The van der Waals surface area contributed by atoms with Crippen LogP contribution in [0.4, 0.5) is 5.69 Å². The second-order valence-electron chi connectivity index (χ2n) is 5.25. The van der Waals surface area contributed by atoms with Crippen molar-refractivity contribution in [2.24, 2.45) is 0 Å². The van der Waals surface area contributed by atoms with E-state index in [4.69, 9.17) is 4.74 Å². The normalized spacial score (nSPS) is 18.2. The first-order valence-corrected chi connectivity index (χ1v) is 7.32. The fourth-order valence-corrected chi connectivity index (χ4v) is 2.60. The van der Waals surface area contributed by atoms with E-state index in [9.17, 15) is 10.1 Å². The van der Waals surface area contributed by atoms with E-state index in [0.29, 0.717) is 18.4 Å². The summed E-state index contributed by atoms with van der Waals surface area (Å²) in [6.07, 6.45) is 4.86. The van der Waals surface area contributed by atoms with Gasteiger partial charge in [0, 0.05) is 18.2 Å². The molecular weight excluding hydrogens is 292 g/mol. The molecule has 2 rings (SSSR count). The summed E-state index contributed by atoms with van der Waals surface area (Å²) in [6, 6.07) is 6.79. The summed E-state index contributed by atoms with van der Waals surface area (Å²) in [7, 11) is 0. The van der Waals surface area contributed by atoms with Crippen molar-refractivity contribution in [2.75, 3.05) is 19.7 Å². The maximum absolute atomic E-state index is 10.6. The second-order valence-corrected chi connectivity index (χ2v) is 5.25. The average molecular weight is 315 g/mol. The molecule has 1 unspecified atom stereocenters. The van der Waals surface area contributed by atoms with Crippen LogP contribution in [0.25, 0.3) is 0 Å². The van der Waals surface area contributed by atoms with Crippen molar-refractivity contribution in [2.45, 2.75) is 38.6 Å². The number of non-ortho nitro benzene ring substituents is 1. The molecule has 1 aliphatic heterocycles. The van der Waals surface area contributed by atoms with Crippen molar-refractivity contribution in [1.29, 1.82) is 0 Å². The van der Waals surface area contributed by atoms with Crippen LogP contribution in [0, 0.1) is 10.1 Å². The molecule has 1 fully saturated rings. The standard InChI is InChI=1S/C15H22N2O3.ClH/c1-2-3-10-16-11-4-5-14(16)12-20-15-8-6-13(7-9-15)17(18)19;/h6-9,14H,2-5,10-12H2,1H3;1H. The molecule has 0 aliphatic carbocycles. The predicted octanol–water partition coefficient (Wildman–Crippen LogP) is 3.66. The van der Waals surface area contributed by atoms with Gasteiger partial charge in [0.25, 0.3) is 5.69 Å². The summed E-state index contributed by atoms with van der Waals surface area (Å²) in [5.74, 6) is 0.706. The van der Waals surface area contributed by atoms with Crippen LogP contribution in [0.1, 0.15) is 32.6 Å². The largest absolute Gasteiger partial charge is 0.492 e. The average Bonchev–Trinajstić information content (AvgIpc) is 2.90. The van der Waals surface area contributed by atoms with Gasteiger partial charge in [-0.15, -0.1) is 12.4 Å². The summed E-state index contributed by atoms with van der Waals surface area (Å²) in [4.78, 5) is 12.7. The van der Waals surface area contributed by atoms with E-state index in [-0.39, 0.29) is 18.1 Å². The highest BCUT2D eigenvalue weighted by molar-refractivity contribution is 5.85. The summed E-state index contributed by atoms with van der Waals surface area (Å²) >= 11 is 0. The molecule has 1 heterocycles. The number of likely N-dealkylation sites (tertiary alicyclic amines) is 1. The molecule has 5 nitrogen and oxygen atoms in total. The Balaban J connectivity index is 0.00000220. The van der Waals surface area contributed by atoms with Crippen molar-refractivity contribution in [3.63, 3.8) is 0 Å². The third kappa shape index (κ3) is 5.17. The number of rotatable bonds is 7. The van der Waals surface area contributed by atoms with Gasteiger partial charge < -0.3 is 4.74 Å². The van der Waals surface area contributed by atoms with Crippen molar-refractivity contribution in [3.05, 3.63) is 34.4 Å². The topological polar surface area (TPSA) is 55.6 Å². The Morgan fingerprint density at radius 3 is 2.71 bits per heavy atom. The third-order valence-electron chi connectivity index (χ3n) is 3.79. The van der Waals surface area contributed by atoms with Gasteiger partial charge in [-0.1, -0.05) is 13.3 Å². The van der Waals surface area contributed by atoms with Crippen molar-refractivity contribution < 1.29 is 9.66 Å². The zero-order chi connectivity index (χ0) is 14.4. The van der Waals surface area contributed by atoms with Gasteiger partial charge >= 0.3 is 0 Å². The lowest BCUT2D eigenvalue weighted by Gasteiger charge is -2.24. The van der Waals surface area contributed by atoms with Gasteiger partial charge in [-0.05, 0) is 44.5 Å². The van der Waals surface area contributed by atoms with E-state index in [1.807, 2.05) is 0 Å². The minimum Gasteiger partial charge on any atom is -0.492 e. The van der Waals surface area contributed by atoms with Gasteiger partial charge in [-0.3, -0.25) is 15.0 Å². The number of hydrogen-bond donors (Lipinski definition) is 0. The lowest BCUT2D eigenvalue weighted by molar-refractivity contribution is -0.384. The maximum Gasteiger partial charge on any atom is 0.269 e. The quantitative estimate of drug-likeness (QED) is 0.569. The van der Waals surface area contributed by atoms with Crippen molar-refractivity contribution in [1.82, 2.24) is 4.90 Å². The Bertz CT molecular complexity index is 439. The molecule has 1 saturated heterocycles. The van der Waals surface area contributed by atoms with E-state index < -0.39 is 4.92 Å². The van der Waals surface area contributed by atoms with E-state index >= 15 is 0 Å². The van der Waals surface area contributed by atoms with Gasteiger partial charge in [-0.2, -0.15) is 0 Å². The van der Waals surface area contributed by atoms with E-state index in [0.717, 1.165) is 13.1 Å². The summed E-state index contributed by atoms with van der Waals surface area (Å²) in [6.45, 7) is 5.18. The highest BCUT2D eigenvalue weighted by Gasteiger charge is 2.24. The lowest BCUT2D eigenvalue weighted by atomic mass is 10.2. The van der Waals surface area contributed by atoms with Gasteiger partial charge in [0.1, 0.15) is 12.4 Å². The van der Waals surface area contributed by atoms with Crippen LogP contribution in [0.2, 0.25) is 0 Å². The molecular formula is C15H23ClN2O3. The summed E-state index contributed by atoms with van der Waals surface area (Å²) in [5, 5.41) is 10.6. The minimum absolute atomic E-state index is 0. The molecule has 0 bridgehead atoms. The molecule has 0 aromatic heterocycles. The zero-order valence-corrected chi connectivity index (χ0v) is 13.2. The molecule has 0 amide bonds. The first-order chi connectivity index (χ1) is 9.70. The Hall–Kier alpha value is -1.33. The number of nitro groups is 1. The third-order valence-corrected chi connectivity index (χ3v) is 3.79. The van der Waals surface area contributed by atoms with Crippen LogP contribution in [0.5, 0.6) is 5.75 Å². The molecule has 0 radical (unpaired) electrons. The summed E-state index contributed by atoms with van der Waals surface area (Å²) < 4.78 is 5.77. The Kier molecular flexibility index (Phi) is 7.47. The molecule has 6 heteroatoms. The molecule has 1 atom stereocenters. The lowest BCUT2D eigenvalue weighted by Crippen LogP contribution is -2.34.